The zero-order chi connectivity index (χ0) is 36.4. The minimum Gasteiger partial charge on any atom is -0.480 e. The van der Waals surface area contributed by atoms with Gasteiger partial charge in [-0.15, -0.1) is 10.2 Å². The highest BCUT2D eigenvalue weighted by Gasteiger charge is 2.18. The Morgan fingerprint density at radius 2 is 1.12 bits per heavy atom. The summed E-state index contributed by atoms with van der Waals surface area (Å²) >= 11 is 0. The molecule has 1 aromatic heterocycles. The summed E-state index contributed by atoms with van der Waals surface area (Å²) in [6.07, 6.45) is 14.5. The Labute approximate surface area is 290 Å². The SMILES string of the molecule is N[C@@H](CCCCNC(=O)CCCS(=O)(=O)NC(=O)CCCS(=O)(=O)NC(=O)CCCCCCCCCCCCCCc1nn[nH]n1)C(=O)O. The fourth-order valence-corrected chi connectivity index (χ4v) is 7.10. The number of carbonyl (C=O) groups excluding carboxylic acids is 3. The number of hydrogen-bond donors (Lipinski definition) is 6. The van der Waals surface area contributed by atoms with E-state index in [1.54, 1.807) is 0 Å². The molecule has 1 aromatic rings. The number of carbonyl (C=O) groups is 4. The number of H-pyrrole nitrogens is 1. The molecule has 0 spiro atoms. The molecule has 3 amide bonds. The summed E-state index contributed by atoms with van der Waals surface area (Å²) in [7, 11) is -7.97. The number of hydrogen-bond acceptors (Lipinski definition) is 12. The molecule has 0 aliphatic heterocycles. The quantitative estimate of drug-likeness (QED) is 0.0596. The zero-order valence-electron chi connectivity index (χ0n) is 28.5. The normalized spacial score (nSPS) is 12.3. The summed E-state index contributed by atoms with van der Waals surface area (Å²) < 4.78 is 52.6. The van der Waals surface area contributed by atoms with E-state index in [0.717, 1.165) is 44.3 Å². The molecule has 49 heavy (non-hydrogen) atoms. The number of unbranched alkanes of at least 4 members (excludes halogenated alkanes) is 12. The van der Waals surface area contributed by atoms with E-state index < -0.39 is 55.4 Å². The standard InChI is InChI=1S/C30H56N8O9S2/c31-25(30(42)43)17-13-14-22-32-27(39)20-15-23-48(44,45)36-29(41)21-16-24-49(46,47)35-28(40)19-12-10-8-6-4-2-1-3-5-7-9-11-18-26-33-37-38-34-26/h25H,1-24,31H2,(H,32,39)(H,35,40)(H,36,41)(H,42,43)(H,33,34,37,38)/t25-/m0/s1. The average molecular weight is 737 g/mol. The Bertz CT molecular complexity index is 1310. The maximum absolute atomic E-state index is 12.2. The number of carboxylic acids is 1. The van der Waals surface area contributed by atoms with Gasteiger partial charge in [0, 0.05) is 32.2 Å². The number of aryl methyl sites for hydroxylation is 1. The van der Waals surface area contributed by atoms with Crippen LogP contribution in [-0.4, -0.2) is 90.3 Å². The number of amides is 3. The lowest BCUT2D eigenvalue weighted by Crippen LogP contribution is -2.35. The summed E-state index contributed by atoms with van der Waals surface area (Å²) in [6.45, 7) is 0.298. The van der Waals surface area contributed by atoms with Gasteiger partial charge >= 0.3 is 5.97 Å². The van der Waals surface area contributed by atoms with Crippen molar-refractivity contribution in [2.75, 3.05) is 18.1 Å². The number of aliphatic carboxylic acids is 1. The van der Waals surface area contributed by atoms with Crippen LogP contribution in [0.1, 0.15) is 134 Å². The molecule has 19 heteroatoms. The second kappa shape index (κ2) is 25.7. The Morgan fingerprint density at radius 1 is 0.653 bits per heavy atom. The molecule has 0 saturated heterocycles. The van der Waals surface area contributed by atoms with Crippen molar-refractivity contribution >= 4 is 43.7 Å². The third kappa shape index (κ3) is 25.4. The Morgan fingerprint density at radius 3 is 1.61 bits per heavy atom. The molecule has 1 heterocycles. The van der Waals surface area contributed by atoms with Crippen LogP contribution in [0.5, 0.6) is 0 Å². The molecule has 0 saturated carbocycles. The predicted octanol–water partition coefficient (Wildman–Crippen LogP) is 1.96. The van der Waals surface area contributed by atoms with Crippen LogP contribution in [0.25, 0.3) is 0 Å². The van der Waals surface area contributed by atoms with Crippen LogP contribution in [0.3, 0.4) is 0 Å². The second-order valence-electron chi connectivity index (χ2n) is 12.3. The van der Waals surface area contributed by atoms with Crippen LogP contribution in [0, 0.1) is 0 Å². The molecular formula is C30H56N8O9S2. The van der Waals surface area contributed by atoms with Crippen LogP contribution in [0.15, 0.2) is 0 Å². The molecule has 1 rings (SSSR count). The van der Waals surface area contributed by atoms with E-state index in [4.69, 9.17) is 10.8 Å². The number of tetrazole rings is 1. The highest BCUT2D eigenvalue weighted by Crippen LogP contribution is 2.13. The van der Waals surface area contributed by atoms with Crippen molar-refractivity contribution in [1.29, 1.82) is 0 Å². The van der Waals surface area contributed by atoms with E-state index >= 15 is 0 Å². The van der Waals surface area contributed by atoms with Crippen molar-refractivity contribution in [3.63, 3.8) is 0 Å². The molecule has 7 N–H and O–H groups in total. The summed E-state index contributed by atoms with van der Waals surface area (Å²) in [5.41, 5.74) is 5.40. The molecule has 0 aliphatic rings. The number of nitrogens with one attached hydrogen (secondary N) is 4. The fourth-order valence-electron chi connectivity index (χ4n) is 4.95. The summed E-state index contributed by atoms with van der Waals surface area (Å²) in [4.78, 5) is 46.6. The van der Waals surface area contributed by atoms with Crippen molar-refractivity contribution in [3.05, 3.63) is 5.82 Å². The maximum atomic E-state index is 12.2. The molecule has 0 aliphatic carbocycles. The van der Waals surface area contributed by atoms with Gasteiger partial charge in [-0.2, -0.15) is 5.21 Å². The lowest BCUT2D eigenvalue weighted by molar-refractivity contribution is -0.138. The van der Waals surface area contributed by atoms with E-state index in [1.807, 2.05) is 9.44 Å². The van der Waals surface area contributed by atoms with Gasteiger partial charge in [0.2, 0.25) is 37.8 Å². The van der Waals surface area contributed by atoms with Gasteiger partial charge in [0.05, 0.1) is 11.5 Å². The topological polar surface area (TPSA) is 273 Å². The van der Waals surface area contributed by atoms with Crippen molar-refractivity contribution in [3.8, 4) is 0 Å². The van der Waals surface area contributed by atoms with Crippen LogP contribution in [-0.2, 0) is 45.6 Å². The summed E-state index contributed by atoms with van der Waals surface area (Å²) in [6, 6.07) is -0.954. The van der Waals surface area contributed by atoms with Crippen molar-refractivity contribution in [2.24, 2.45) is 5.73 Å². The van der Waals surface area contributed by atoms with E-state index in [0.29, 0.717) is 25.8 Å². The number of carboxylic acid groups (broad SMARTS) is 1. The fraction of sp³-hybridized carbons (Fsp3) is 0.833. The van der Waals surface area contributed by atoms with Gasteiger partial charge in [-0.05, 0) is 44.9 Å². The third-order valence-electron chi connectivity index (χ3n) is 7.70. The minimum absolute atomic E-state index is 0.0366. The van der Waals surface area contributed by atoms with Crippen molar-refractivity contribution < 1.29 is 41.1 Å². The summed E-state index contributed by atoms with van der Waals surface area (Å²) in [5.74, 6) is -3.16. The van der Waals surface area contributed by atoms with E-state index in [9.17, 15) is 36.0 Å². The van der Waals surface area contributed by atoms with Gasteiger partial charge in [0.25, 0.3) is 0 Å². The number of aromatic nitrogens is 4. The highest BCUT2D eigenvalue weighted by molar-refractivity contribution is 7.90. The van der Waals surface area contributed by atoms with E-state index in [-0.39, 0.29) is 44.4 Å². The van der Waals surface area contributed by atoms with Crippen LogP contribution < -0.4 is 20.5 Å². The first-order valence-electron chi connectivity index (χ1n) is 17.3. The summed E-state index contributed by atoms with van der Waals surface area (Å²) in [5, 5.41) is 25.2. The van der Waals surface area contributed by atoms with Crippen molar-refractivity contribution in [2.45, 2.75) is 141 Å². The molecule has 282 valence electrons. The molecule has 0 unspecified atom stereocenters. The molecule has 0 bridgehead atoms. The zero-order valence-corrected chi connectivity index (χ0v) is 30.1. The van der Waals surface area contributed by atoms with Gasteiger partial charge in [-0.3, -0.25) is 28.6 Å². The number of nitrogens with two attached hydrogens (primary N) is 1. The Hall–Kier alpha value is -3.19. The van der Waals surface area contributed by atoms with Crippen LogP contribution in [0.2, 0.25) is 0 Å². The number of nitrogens with zero attached hydrogens (tertiary/aromatic N) is 3. The first-order chi connectivity index (χ1) is 23.3. The number of aromatic amines is 1. The lowest BCUT2D eigenvalue weighted by Gasteiger charge is -2.09. The monoisotopic (exact) mass is 736 g/mol. The molecule has 1 atom stereocenters. The first kappa shape index (κ1) is 43.8. The van der Waals surface area contributed by atoms with Gasteiger partial charge < -0.3 is 16.2 Å². The lowest BCUT2D eigenvalue weighted by atomic mass is 10.0. The van der Waals surface area contributed by atoms with Gasteiger partial charge in [-0.1, -0.05) is 69.4 Å². The Balaban J connectivity index is 2.01. The largest absolute Gasteiger partial charge is 0.480 e. The molecule has 0 aromatic carbocycles. The number of rotatable bonds is 31. The molecular weight excluding hydrogens is 681 g/mol. The average Bonchev–Trinajstić information content (AvgIpc) is 3.53. The smallest absolute Gasteiger partial charge is 0.320 e. The van der Waals surface area contributed by atoms with E-state index in [1.165, 1.54) is 38.5 Å². The molecule has 0 fully saturated rings. The molecule has 17 nitrogen and oxygen atoms in total. The number of sulfonamides is 2. The minimum atomic E-state index is -4.02. The first-order valence-corrected chi connectivity index (χ1v) is 20.6. The van der Waals surface area contributed by atoms with Crippen LogP contribution in [0.4, 0.5) is 0 Å². The van der Waals surface area contributed by atoms with E-state index in [2.05, 4.69) is 25.9 Å². The molecule has 0 radical (unpaired) electrons. The maximum Gasteiger partial charge on any atom is 0.320 e. The van der Waals surface area contributed by atoms with Gasteiger partial charge in [0.15, 0.2) is 5.82 Å². The third-order valence-corrected chi connectivity index (χ3v) is 10.4. The van der Waals surface area contributed by atoms with Crippen molar-refractivity contribution in [1.82, 2.24) is 35.4 Å². The predicted molar refractivity (Wildman–Crippen MR) is 183 cm³/mol. The Kier molecular flexibility index (Phi) is 23.0. The van der Waals surface area contributed by atoms with Gasteiger partial charge in [0.1, 0.15) is 6.04 Å². The van der Waals surface area contributed by atoms with Crippen LogP contribution >= 0.6 is 0 Å². The second-order valence-corrected chi connectivity index (χ2v) is 15.9. The van der Waals surface area contributed by atoms with Gasteiger partial charge in [-0.25, -0.2) is 16.8 Å². The highest BCUT2D eigenvalue weighted by atomic mass is 32.2.